The van der Waals surface area contributed by atoms with E-state index in [0.717, 1.165) is 25.3 Å². The van der Waals surface area contributed by atoms with E-state index in [9.17, 15) is 31.9 Å². The predicted molar refractivity (Wildman–Crippen MR) is 87.2 cm³/mol. The van der Waals surface area contributed by atoms with Gasteiger partial charge in [-0.15, -0.1) is 0 Å². The summed E-state index contributed by atoms with van der Waals surface area (Å²) in [4.78, 5) is 24.0. The largest absolute Gasteiger partial charge is 0.480 e. The number of anilines is 1. The van der Waals surface area contributed by atoms with Crippen LogP contribution < -0.4 is 4.90 Å². The van der Waals surface area contributed by atoms with Gasteiger partial charge in [0.15, 0.2) is 26.2 Å². The summed E-state index contributed by atoms with van der Waals surface area (Å²) in [6.45, 7) is 0.606. The number of aliphatic carboxylic acids is 1. The number of halogens is 3. The van der Waals surface area contributed by atoms with E-state index in [-0.39, 0.29) is 11.0 Å². The molecule has 1 aliphatic heterocycles. The first-order valence-corrected chi connectivity index (χ1v) is 9.61. The second kappa shape index (κ2) is 6.52. The van der Waals surface area contributed by atoms with Crippen LogP contribution in [0, 0.1) is 11.6 Å². The number of benzene rings is 1. The van der Waals surface area contributed by atoms with Crippen LogP contribution in [-0.2, 0) is 19.4 Å². The number of carbonyl (C=O) groups excluding carboxylic acids is 1. The molecule has 0 saturated carbocycles. The highest BCUT2D eigenvalue weighted by molar-refractivity contribution is 9.10. The molecular weight excluding hydrogens is 428 g/mol. The summed E-state index contributed by atoms with van der Waals surface area (Å²) in [6, 6.07) is 1.91. The van der Waals surface area contributed by atoms with Crippen molar-refractivity contribution >= 4 is 43.5 Å². The molecule has 1 aromatic rings. The van der Waals surface area contributed by atoms with Gasteiger partial charge in [0.25, 0.3) is 0 Å². The summed E-state index contributed by atoms with van der Waals surface area (Å²) in [7, 11) is -4.04. The summed E-state index contributed by atoms with van der Waals surface area (Å²) < 4.78 is 54.5. The lowest BCUT2D eigenvalue weighted by Crippen LogP contribution is -2.46. The van der Waals surface area contributed by atoms with Crippen molar-refractivity contribution in [2.45, 2.75) is 24.2 Å². The van der Waals surface area contributed by atoms with Crippen molar-refractivity contribution in [2.24, 2.45) is 0 Å². The third-order valence-electron chi connectivity index (χ3n) is 4.01. The highest BCUT2D eigenvalue weighted by Crippen LogP contribution is 2.33. The second-order valence-corrected chi connectivity index (χ2v) is 9.21. The summed E-state index contributed by atoms with van der Waals surface area (Å²) in [5.41, 5.74) is -0.646. The predicted octanol–water partition coefficient (Wildman–Crippen LogP) is 2.33. The van der Waals surface area contributed by atoms with E-state index in [0.29, 0.717) is 4.90 Å². The van der Waals surface area contributed by atoms with Crippen LogP contribution in [0.5, 0.6) is 0 Å². The third kappa shape index (κ3) is 3.61. The molecule has 25 heavy (non-hydrogen) atoms. The summed E-state index contributed by atoms with van der Waals surface area (Å²) in [6.07, 6.45) is -2.05. The molecule has 1 heterocycles. The van der Waals surface area contributed by atoms with Gasteiger partial charge in [0.05, 0.1) is 6.54 Å². The fourth-order valence-electron chi connectivity index (χ4n) is 2.43. The van der Waals surface area contributed by atoms with E-state index >= 15 is 0 Å². The molecule has 1 aliphatic rings. The number of cyclic esters (lactones) is 1. The lowest BCUT2D eigenvalue weighted by Gasteiger charge is -2.24. The molecule has 2 rings (SSSR count). The molecule has 2 unspecified atom stereocenters. The Bertz CT molecular complexity index is 823. The minimum absolute atomic E-state index is 0.130. The minimum atomic E-state index is -4.04. The van der Waals surface area contributed by atoms with Gasteiger partial charge in [-0.3, -0.25) is 9.69 Å². The number of hydrogen-bond donors (Lipinski definition) is 1. The smallest absolute Gasteiger partial charge is 0.414 e. The van der Waals surface area contributed by atoms with Crippen molar-refractivity contribution in [3.63, 3.8) is 0 Å². The molecule has 11 heteroatoms. The van der Waals surface area contributed by atoms with Crippen molar-refractivity contribution in [3.05, 3.63) is 28.2 Å². The van der Waals surface area contributed by atoms with Crippen LogP contribution in [0.3, 0.4) is 0 Å². The van der Waals surface area contributed by atoms with Crippen molar-refractivity contribution in [1.29, 1.82) is 0 Å². The average molecular weight is 442 g/mol. The molecule has 0 aliphatic carbocycles. The van der Waals surface area contributed by atoms with Crippen LogP contribution in [-0.4, -0.2) is 49.2 Å². The van der Waals surface area contributed by atoms with Crippen molar-refractivity contribution < 1.29 is 36.6 Å². The number of carboxylic acid groups (broad SMARTS) is 1. The number of carbonyl (C=O) groups is 2. The maximum atomic E-state index is 14.0. The van der Waals surface area contributed by atoms with Gasteiger partial charge in [-0.2, -0.15) is 0 Å². The Labute approximate surface area is 150 Å². The Hall–Kier alpha value is -1.75. The van der Waals surface area contributed by atoms with Crippen molar-refractivity contribution in [2.75, 3.05) is 17.7 Å². The number of hydrogen-bond acceptors (Lipinski definition) is 5. The van der Waals surface area contributed by atoms with E-state index < -0.39 is 56.5 Å². The molecule has 7 nitrogen and oxygen atoms in total. The average Bonchev–Trinajstić information content (AvgIpc) is 2.76. The van der Waals surface area contributed by atoms with Gasteiger partial charge in [0, 0.05) is 17.1 Å². The summed E-state index contributed by atoms with van der Waals surface area (Å²) in [5, 5.41) is 9.24. The van der Waals surface area contributed by atoms with Crippen LogP contribution in [0.25, 0.3) is 0 Å². The molecule has 1 fully saturated rings. The van der Waals surface area contributed by atoms with Crippen molar-refractivity contribution in [1.82, 2.24) is 0 Å². The zero-order valence-electron chi connectivity index (χ0n) is 13.1. The first-order chi connectivity index (χ1) is 11.4. The molecule has 2 atom stereocenters. The highest BCUT2D eigenvalue weighted by atomic mass is 79.9. The van der Waals surface area contributed by atoms with Crippen LogP contribution in [0.15, 0.2) is 16.6 Å². The maximum Gasteiger partial charge on any atom is 0.414 e. The maximum absolute atomic E-state index is 14.0. The zero-order valence-corrected chi connectivity index (χ0v) is 15.5. The quantitative estimate of drug-likeness (QED) is 0.752. The van der Waals surface area contributed by atoms with Gasteiger partial charge in [-0.25, -0.2) is 22.0 Å². The number of carboxylic acids is 1. The monoisotopic (exact) mass is 441 g/mol. The molecule has 138 valence electrons. The molecule has 1 N–H and O–H groups in total. The Morgan fingerprint density at radius 1 is 1.44 bits per heavy atom. The van der Waals surface area contributed by atoms with Crippen LogP contribution in [0.1, 0.15) is 13.3 Å². The van der Waals surface area contributed by atoms with Gasteiger partial charge in [-0.1, -0.05) is 15.9 Å². The summed E-state index contributed by atoms with van der Waals surface area (Å²) >= 11 is 2.91. The lowest BCUT2D eigenvalue weighted by atomic mass is 10.0. The van der Waals surface area contributed by atoms with Gasteiger partial charge in [-0.05, 0) is 19.1 Å². The second-order valence-electron chi connectivity index (χ2n) is 5.85. The Morgan fingerprint density at radius 3 is 2.40 bits per heavy atom. The van der Waals surface area contributed by atoms with E-state index in [1.54, 1.807) is 0 Å². The lowest BCUT2D eigenvalue weighted by molar-refractivity contribution is -0.140. The fourth-order valence-corrected chi connectivity index (χ4v) is 3.64. The number of rotatable bonds is 5. The van der Waals surface area contributed by atoms with Crippen molar-refractivity contribution in [3.8, 4) is 0 Å². The van der Waals surface area contributed by atoms with E-state index in [4.69, 9.17) is 4.74 Å². The van der Waals surface area contributed by atoms with Gasteiger partial charge in [0.2, 0.25) is 0 Å². The van der Waals surface area contributed by atoms with Gasteiger partial charge < -0.3 is 9.84 Å². The van der Waals surface area contributed by atoms with Gasteiger partial charge >= 0.3 is 12.1 Å². The molecule has 0 aromatic heterocycles. The SMILES string of the molecule is CC(CC1CN(c2c(F)cc(Br)cc2F)C(=O)O1)(C(=O)O)S(C)(=O)=O. The topological polar surface area (TPSA) is 101 Å². The standard InChI is InChI=1S/C14H14BrF2NO6S/c1-14(12(19)20,25(2,22)23)5-8-6-18(13(21)24-8)11-9(16)3-7(15)4-10(11)17/h3-4,8H,5-6H2,1-2H3,(H,19,20). The van der Waals surface area contributed by atoms with Gasteiger partial charge in [0.1, 0.15) is 11.8 Å². The number of amides is 1. The first-order valence-electron chi connectivity index (χ1n) is 6.92. The Morgan fingerprint density at radius 2 is 1.96 bits per heavy atom. The third-order valence-corrected chi connectivity index (χ3v) is 6.45. The van der Waals surface area contributed by atoms with E-state index in [1.807, 2.05) is 0 Å². The molecule has 0 spiro atoms. The van der Waals surface area contributed by atoms with E-state index in [1.165, 1.54) is 0 Å². The molecule has 1 saturated heterocycles. The Balaban J connectivity index is 2.31. The number of nitrogens with zero attached hydrogens (tertiary/aromatic N) is 1. The summed E-state index contributed by atoms with van der Waals surface area (Å²) in [5.74, 6) is -3.65. The Kier molecular flexibility index (Phi) is 5.11. The minimum Gasteiger partial charge on any atom is -0.480 e. The fraction of sp³-hybridized carbons (Fsp3) is 0.429. The highest BCUT2D eigenvalue weighted by Gasteiger charge is 2.49. The molecule has 0 bridgehead atoms. The normalized spacial score (nSPS) is 20.3. The van der Waals surface area contributed by atoms with Crippen LogP contribution in [0.2, 0.25) is 0 Å². The molecule has 1 aromatic carbocycles. The molecule has 1 amide bonds. The molecular formula is C14H14BrF2NO6S. The van der Waals surface area contributed by atoms with Crippen LogP contribution in [0.4, 0.5) is 19.3 Å². The number of sulfone groups is 1. The number of ether oxygens (including phenoxy) is 1. The first kappa shape index (κ1) is 19.6. The molecule has 0 radical (unpaired) electrons. The zero-order chi connectivity index (χ0) is 19.2. The van der Waals surface area contributed by atoms with E-state index in [2.05, 4.69) is 15.9 Å². The van der Waals surface area contributed by atoms with Crippen LogP contribution >= 0.6 is 15.9 Å².